The summed E-state index contributed by atoms with van der Waals surface area (Å²) in [5.74, 6) is -1.96. The van der Waals surface area contributed by atoms with Gasteiger partial charge in [0.25, 0.3) is 0 Å². The Balaban J connectivity index is 3.09. The normalized spacial score (nSPS) is 19.8. The fraction of sp³-hybridized carbons (Fsp3) is 0.800. The van der Waals surface area contributed by atoms with Crippen LogP contribution in [0.15, 0.2) is 12.7 Å². The minimum absolute atomic E-state index is 0.0286. The summed E-state index contributed by atoms with van der Waals surface area (Å²) >= 11 is 0. The molecule has 2 N–H and O–H groups in total. The fourth-order valence-electron chi connectivity index (χ4n) is 5.66. The second kappa shape index (κ2) is 17.4. The predicted octanol–water partition coefficient (Wildman–Crippen LogP) is 3.49. The van der Waals surface area contributed by atoms with Crippen LogP contribution in [0.2, 0.25) is 0 Å². The molecule has 0 radical (unpaired) electrons. The third-order valence-corrected chi connectivity index (χ3v) is 8.16. The van der Waals surface area contributed by atoms with Gasteiger partial charge in [0, 0.05) is 34.2 Å². The average molecular weight is 568 g/mol. The molecule has 0 aromatic heterocycles. The molecule has 230 valence electrons. The van der Waals surface area contributed by atoms with Gasteiger partial charge in [0.1, 0.15) is 6.04 Å². The van der Waals surface area contributed by atoms with Crippen molar-refractivity contribution in [2.24, 2.45) is 17.8 Å². The Morgan fingerprint density at radius 3 is 2.27 bits per heavy atom. The van der Waals surface area contributed by atoms with Crippen molar-refractivity contribution in [1.82, 2.24) is 15.1 Å². The highest BCUT2D eigenvalue weighted by molar-refractivity contribution is 5.85. The summed E-state index contributed by atoms with van der Waals surface area (Å²) in [5.41, 5.74) is 0. The van der Waals surface area contributed by atoms with Crippen molar-refractivity contribution in [2.45, 2.75) is 110 Å². The fourth-order valence-corrected chi connectivity index (χ4v) is 5.66. The van der Waals surface area contributed by atoms with E-state index in [4.69, 9.17) is 9.47 Å². The highest BCUT2D eigenvalue weighted by Gasteiger charge is 2.42. The van der Waals surface area contributed by atoms with E-state index in [2.05, 4.69) is 25.7 Å². The summed E-state index contributed by atoms with van der Waals surface area (Å²) in [6.45, 7) is 14.0. The molecular formula is C30H53N3O7. The lowest BCUT2D eigenvalue weighted by Gasteiger charge is -2.39. The average Bonchev–Trinajstić information content (AvgIpc) is 3.39. The Labute approximate surface area is 240 Å². The zero-order valence-electron chi connectivity index (χ0n) is 25.9. The van der Waals surface area contributed by atoms with E-state index in [9.17, 15) is 24.3 Å². The molecule has 0 saturated carbocycles. The molecule has 1 saturated heterocycles. The first-order chi connectivity index (χ1) is 18.8. The second-order valence-corrected chi connectivity index (χ2v) is 11.5. The molecule has 10 heteroatoms. The van der Waals surface area contributed by atoms with Crippen LogP contribution in [0.3, 0.4) is 0 Å². The van der Waals surface area contributed by atoms with Crippen LogP contribution in [0.4, 0.5) is 0 Å². The van der Waals surface area contributed by atoms with Gasteiger partial charge >= 0.3 is 5.97 Å². The van der Waals surface area contributed by atoms with Gasteiger partial charge in [-0.05, 0) is 37.5 Å². The summed E-state index contributed by atoms with van der Waals surface area (Å²) in [5, 5.41) is 12.1. The number of amides is 3. The molecule has 1 rings (SSSR count). The molecule has 0 aromatic carbocycles. The minimum Gasteiger partial charge on any atom is -0.480 e. The maximum atomic E-state index is 13.7. The number of likely N-dealkylation sites (tertiary alicyclic amines) is 1. The van der Waals surface area contributed by atoms with Crippen LogP contribution in [0.5, 0.6) is 0 Å². The first-order valence-electron chi connectivity index (χ1n) is 14.6. The number of carboxylic acid groups (broad SMARTS) is 1. The summed E-state index contributed by atoms with van der Waals surface area (Å²) in [6.07, 6.45) is 3.99. The first-order valence-corrected chi connectivity index (χ1v) is 14.6. The number of methoxy groups -OCH3 is 2. The number of nitrogens with zero attached hydrogens (tertiary/aromatic N) is 2. The van der Waals surface area contributed by atoms with Crippen molar-refractivity contribution >= 4 is 23.7 Å². The molecule has 40 heavy (non-hydrogen) atoms. The van der Waals surface area contributed by atoms with E-state index >= 15 is 0 Å². The van der Waals surface area contributed by atoms with E-state index in [-0.39, 0.29) is 48.6 Å². The molecule has 4 unspecified atom stereocenters. The summed E-state index contributed by atoms with van der Waals surface area (Å²) in [7, 11) is 4.87. The highest BCUT2D eigenvalue weighted by Crippen LogP contribution is 2.29. The number of carbonyl (C=O) groups is 4. The molecule has 0 bridgehead atoms. The van der Waals surface area contributed by atoms with Crippen LogP contribution < -0.4 is 5.32 Å². The minimum atomic E-state index is -1.10. The third kappa shape index (κ3) is 9.87. The topological polar surface area (TPSA) is 125 Å². The molecule has 1 heterocycles. The monoisotopic (exact) mass is 567 g/mol. The van der Waals surface area contributed by atoms with Crippen LogP contribution in [-0.2, 0) is 28.7 Å². The van der Waals surface area contributed by atoms with Gasteiger partial charge in [-0.3, -0.25) is 14.4 Å². The maximum Gasteiger partial charge on any atom is 0.326 e. The van der Waals surface area contributed by atoms with Crippen molar-refractivity contribution in [2.75, 3.05) is 27.8 Å². The molecule has 1 aliphatic heterocycles. The number of hydrogen-bond donors (Lipinski definition) is 2. The van der Waals surface area contributed by atoms with E-state index in [1.807, 2.05) is 13.8 Å². The Kier molecular flexibility index (Phi) is 15.4. The van der Waals surface area contributed by atoms with Gasteiger partial charge in [0.2, 0.25) is 17.7 Å². The van der Waals surface area contributed by atoms with Crippen LogP contribution in [-0.4, -0.2) is 96.7 Å². The van der Waals surface area contributed by atoms with Gasteiger partial charge in [-0.15, -0.1) is 6.58 Å². The van der Waals surface area contributed by atoms with E-state index in [0.717, 1.165) is 12.8 Å². The zero-order chi connectivity index (χ0) is 30.6. The Morgan fingerprint density at radius 2 is 1.77 bits per heavy atom. The number of nitrogens with one attached hydrogen (secondary N) is 1. The number of hydrogen-bond acceptors (Lipinski definition) is 6. The lowest BCUT2D eigenvalue weighted by atomic mass is 9.90. The van der Waals surface area contributed by atoms with Gasteiger partial charge in [-0.1, -0.05) is 47.1 Å². The Bertz CT molecular complexity index is 849. The summed E-state index contributed by atoms with van der Waals surface area (Å²) in [4.78, 5) is 54.8. The van der Waals surface area contributed by atoms with Gasteiger partial charge in [0.15, 0.2) is 0 Å². The first kappa shape index (κ1) is 35.6. The van der Waals surface area contributed by atoms with Crippen LogP contribution in [0, 0.1) is 17.8 Å². The Hall–Kier alpha value is -2.46. The van der Waals surface area contributed by atoms with Crippen molar-refractivity contribution in [1.29, 1.82) is 0 Å². The van der Waals surface area contributed by atoms with Crippen molar-refractivity contribution in [3.05, 3.63) is 12.7 Å². The number of likely N-dealkylation sites (N-methyl/N-ethyl adjacent to an activating group) is 1. The molecule has 1 fully saturated rings. The lowest BCUT2D eigenvalue weighted by Crippen LogP contribution is -2.54. The quantitative estimate of drug-likeness (QED) is 0.243. The van der Waals surface area contributed by atoms with E-state index in [0.29, 0.717) is 25.8 Å². The number of carbonyl (C=O) groups excluding carboxylic acids is 3. The number of aliphatic carboxylic acids is 1. The van der Waals surface area contributed by atoms with Crippen LogP contribution in [0.25, 0.3) is 0 Å². The Morgan fingerprint density at radius 1 is 1.12 bits per heavy atom. The number of carboxylic acids is 1. The highest BCUT2D eigenvalue weighted by atomic mass is 16.5. The smallest absolute Gasteiger partial charge is 0.326 e. The molecule has 1 aliphatic rings. The second-order valence-electron chi connectivity index (χ2n) is 11.5. The van der Waals surface area contributed by atoms with Gasteiger partial charge < -0.3 is 29.7 Å². The standard InChI is InChI=1S/C30H53N3O7/c1-10-12-14-22(30(37)38)31-29(36)21(6)28(40-9)23-15-13-16-33(23)26(35)18-24(39-8)27(20(5)11-2)32(7)25(34)17-19(3)4/h10,19-24,27-28H,1,11-18H2,2-9H3,(H,31,36)(H,37,38)/t20?,21?,22-,23-,24?,27?,28+/m0/s1. The number of allylic oxidation sites excluding steroid dienone is 1. The molecule has 0 aliphatic carbocycles. The van der Waals surface area contributed by atoms with Crippen molar-refractivity contribution in [3.63, 3.8) is 0 Å². The van der Waals surface area contributed by atoms with E-state index in [1.54, 1.807) is 37.0 Å². The number of ether oxygens (including phenoxy) is 2. The maximum absolute atomic E-state index is 13.7. The van der Waals surface area contributed by atoms with Crippen LogP contribution >= 0.6 is 0 Å². The molecule has 0 spiro atoms. The van der Waals surface area contributed by atoms with E-state index in [1.165, 1.54) is 7.11 Å². The molecule has 0 aromatic rings. The number of rotatable bonds is 18. The van der Waals surface area contributed by atoms with Crippen LogP contribution in [0.1, 0.15) is 79.6 Å². The summed E-state index contributed by atoms with van der Waals surface area (Å²) in [6, 6.07) is -1.63. The zero-order valence-corrected chi connectivity index (χ0v) is 25.9. The largest absolute Gasteiger partial charge is 0.480 e. The lowest BCUT2D eigenvalue weighted by molar-refractivity contribution is -0.147. The third-order valence-electron chi connectivity index (χ3n) is 8.16. The van der Waals surface area contributed by atoms with E-state index < -0.39 is 36.0 Å². The van der Waals surface area contributed by atoms with Gasteiger partial charge in [-0.2, -0.15) is 0 Å². The summed E-state index contributed by atoms with van der Waals surface area (Å²) < 4.78 is 11.6. The van der Waals surface area contributed by atoms with Gasteiger partial charge in [0.05, 0.1) is 36.6 Å². The molecule has 7 atom stereocenters. The molecular weight excluding hydrogens is 514 g/mol. The van der Waals surface area contributed by atoms with Gasteiger partial charge in [-0.25, -0.2) is 4.79 Å². The van der Waals surface area contributed by atoms with Crippen molar-refractivity contribution < 1.29 is 33.8 Å². The molecule has 3 amide bonds. The molecule has 10 nitrogen and oxygen atoms in total. The predicted molar refractivity (Wildman–Crippen MR) is 155 cm³/mol. The van der Waals surface area contributed by atoms with Crippen molar-refractivity contribution in [3.8, 4) is 0 Å². The SMILES string of the molecule is C=CCC[C@H](NC(=O)C(C)[C@@H](OC)[C@@H]1CCCN1C(=O)CC(OC)C(C(C)CC)N(C)C(=O)CC(C)C)C(=O)O.